The summed E-state index contributed by atoms with van der Waals surface area (Å²) in [4.78, 5) is 10.4. The Morgan fingerprint density at radius 3 is 2.67 bits per heavy atom. The monoisotopic (exact) mass is 170 g/mol. The van der Waals surface area contributed by atoms with E-state index in [2.05, 4.69) is 13.2 Å². The molecule has 0 aliphatic rings. The summed E-state index contributed by atoms with van der Waals surface area (Å²) >= 11 is 0. The first-order chi connectivity index (χ1) is 5.70. The van der Waals surface area contributed by atoms with E-state index in [0.29, 0.717) is 6.61 Å². The SMILES string of the molecule is C=CCOC(C=C)COC(C)=O. The Morgan fingerprint density at radius 1 is 1.58 bits per heavy atom. The van der Waals surface area contributed by atoms with E-state index >= 15 is 0 Å². The van der Waals surface area contributed by atoms with Crippen molar-refractivity contribution >= 4 is 5.97 Å². The van der Waals surface area contributed by atoms with Gasteiger partial charge in [0, 0.05) is 6.92 Å². The molecule has 12 heavy (non-hydrogen) atoms. The Hall–Kier alpha value is -1.09. The minimum atomic E-state index is -0.316. The molecule has 3 nitrogen and oxygen atoms in total. The molecule has 0 radical (unpaired) electrons. The zero-order valence-electron chi connectivity index (χ0n) is 7.29. The van der Waals surface area contributed by atoms with E-state index in [1.54, 1.807) is 12.2 Å². The van der Waals surface area contributed by atoms with Crippen LogP contribution in [-0.2, 0) is 14.3 Å². The first kappa shape index (κ1) is 10.9. The van der Waals surface area contributed by atoms with Gasteiger partial charge in [0.25, 0.3) is 0 Å². The Kier molecular flexibility index (Phi) is 6.01. The number of carbonyl (C=O) groups is 1. The van der Waals surface area contributed by atoms with Gasteiger partial charge in [0.05, 0.1) is 6.61 Å². The van der Waals surface area contributed by atoms with Crippen molar-refractivity contribution in [3.63, 3.8) is 0 Å². The molecule has 0 spiro atoms. The second-order valence-electron chi connectivity index (χ2n) is 2.20. The highest BCUT2D eigenvalue weighted by Crippen LogP contribution is 1.94. The maximum atomic E-state index is 10.4. The van der Waals surface area contributed by atoms with Crippen LogP contribution in [0.1, 0.15) is 6.92 Å². The van der Waals surface area contributed by atoms with Gasteiger partial charge in [0.1, 0.15) is 12.7 Å². The van der Waals surface area contributed by atoms with Gasteiger partial charge < -0.3 is 9.47 Å². The molecule has 0 aliphatic carbocycles. The van der Waals surface area contributed by atoms with Crippen molar-refractivity contribution in [3.05, 3.63) is 25.3 Å². The zero-order chi connectivity index (χ0) is 9.40. The highest BCUT2D eigenvalue weighted by molar-refractivity contribution is 5.65. The van der Waals surface area contributed by atoms with Gasteiger partial charge in [0.2, 0.25) is 0 Å². The quantitative estimate of drug-likeness (QED) is 0.445. The molecule has 0 N–H and O–H groups in total. The van der Waals surface area contributed by atoms with Crippen molar-refractivity contribution in [2.24, 2.45) is 0 Å². The fraction of sp³-hybridized carbons (Fsp3) is 0.444. The molecule has 0 aromatic rings. The molecular weight excluding hydrogens is 156 g/mol. The van der Waals surface area contributed by atoms with Gasteiger partial charge in [-0.05, 0) is 0 Å². The third-order valence-electron chi connectivity index (χ3n) is 1.14. The van der Waals surface area contributed by atoms with Gasteiger partial charge in [-0.1, -0.05) is 12.2 Å². The van der Waals surface area contributed by atoms with Gasteiger partial charge in [-0.25, -0.2) is 0 Å². The highest BCUT2D eigenvalue weighted by Gasteiger charge is 2.04. The molecule has 68 valence electrons. The third kappa shape index (κ3) is 5.68. The molecule has 0 rings (SSSR count). The van der Waals surface area contributed by atoms with E-state index in [1.807, 2.05) is 0 Å². The molecule has 0 amide bonds. The molecule has 0 aromatic heterocycles. The lowest BCUT2D eigenvalue weighted by Crippen LogP contribution is -2.18. The topological polar surface area (TPSA) is 35.5 Å². The van der Waals surface area contributed by atoms with Crippen molar-refractivity contribution in [2.45, 2.75) is 13.0 Å². The van der Waals surface area contributed by atoms with Crippen LogP contribution < -0.4 is 0 Å². The number of esters is 1. The lowest BCUT2D eigenvalue weighted by molar-refractivity contribution is -0.143. The molecule has 0 fully saturated rings. The maximum absolute atomic E-state index is 10.4. The van der Waals surface area contributed by atoms with E-state index in [-0.39, 0.29) is 18.7 Å². The van der Waals surface area contributed by atoms with Crippen molar-refractivity contribution in [1.29, 1.82) is 0 Å². The number of ether oxygens (including phenoxy) is 2. The van der Waals surface area contributed by atoms with E-state index in [4.69, 9.17) is 9.47 Å². The van der Waals surface area contributed by atoms with Gasteiger partial charge in [-0.2, -0.15) is 0 Å². The van der Waals surface area contributed by atoms with E-state index in [0.717, 1.165) is 0 Å². The summed E-state index contributed by atoms with van der Waals surface area (Å²) in [5, 5.41) is 0. The van der Waals surface area contributed by atoms with Crippen molar-refractivity contribution < 1.29 is 14.3 Å². The largest absolute Gasteiger partial charge is 0.463 e. The summed E-state index contributed by atoms with van der Waals surface area (Å²) in [5.41, 5.74) is 0. The maximum Gasteiger partial charge on any atom is 0.302 e. The lowest BCUT2D eigenvalue weighted by atomic mass is 10.4. The van der Waals surface area contributed by atoms with Crippen LogP contribution in [0.2, 0.25) is 0 Å². The first-order valence-corrected chi connectivity index (χ1v) is 3.69. The zero-order valence-corrected chi connectivity index (χ0v) is 7.29. The Bertz CT molecular complexity index is 163. The Balaban J connectivity index is 3.59. The van der Waals surface area contributed by atoms with E-state index in [9.17, 15) is 4.79 Å². The fourth-order valence-corrected chi connectivity index (χ4v) is 0.575. The third-order valence-corrected chi connectivity index (χ3v) is 1.14. The van der Waals surface area contributed by atoms with Crippen LogP contribution in [0.25, 0.3) is 0 Å². The molecule has 0 aromatic carbocycles. The van der Waals surface area contributed by atoms with Crippen LogP contribution in [0, 0.1) is 0 Å². The summed E-state index contributed by atoms with van der Waals surface area (Å²) < 4.78 is 9.90. The summed E-state index contributed by atoms with van der Waals surface area (Å²) in [6, 6.07) is 0. The summed E-state index contributed by atoms with van der Waals surface area (Å²) in [6.07, 6.45) is 2.98. The predicted octanol–water partition coefficient (Wildman–Crippen LogP) is 1.31. The molecule has 0 aliphatic heterocycles. The number of hydrogen-bond donors (Lipinski definition) is 0. The van der Waals surface area contributed by atoms with Crippen LogP contribution in [0.4, 0.5) is 0 Å². The molecule has 0 saturated heterocycles. The van der Waals surface area contributed by atoms with Crippen molar-refractivity contribution in [2.75, 3.05) is 13.2 Å². The first-order valence-electron chi connectivity index (χ1n) is 3.69. The average Bonchev–Trinajstić information content (AvgIpc) is 2.05. The van der Waals surface area contributed by atoms with E-state index < -0.39 is 0 Å². The minimum absolute atomic E-state index is 0.215. The van der Waals surface area contributed by atoms with Crippen molar-refractivity contribution in [3.8, 4) is 0 Å². The van der Waals surface area contributed by atoms with Crippen LogP contribution in [-0.4, -0.2) is 25.3 Å². The number of rotatable bonds is 6. The van der Waals surface area contributed by atoms with Crippen LogP contribution >= 0.6 is 0 Å². The Labute approximate surface area is 72.7 Å². The van der Waals surface area contributed by atoms with Crippen molar-refractivity contribution in [1.82, 2.24) is 0 Å². The second-order valence-corrected chi connectivity index (χ2v) is 2.20. The fourth-order valence-electron chi connectivity index (χ4n) is 0.575. The molecule has 0 bridgehead atoms. The average molecular weight is 170 g/mol. The molecule has 3 heteroatoms. The van der Waals surface area contributed by atoms with Gasteiger partial charge in [0.15, 0.2) is 0 Å². The lowest BCUT2D eigenvalue weighted by Gasteiger charge is -2.11. The molecule has 0 heterocycles. The van der Waals surface area contributed by atoms with Crippen LogP contribution in [0.3, 0.4) is 0 Å². The highest BCUT2D eigenvalue weighted by atomic mass is 16.6. The van der Waals surface area contributed by atoms with Crippen LogP contribution in [0.5, 0.6) is 0 Å². The van der Waals surface area contributed by atoms with Gasteiger partial charge in [-0.15, -0.1) is 13.2 Å². The Morgan fingerprint density at radius 2 is 2.25 bits per heavy atom. The standard InChI is InChI=1S/C9H14O3/c1-4-6-11-9(5-2)7-12-8(3)10/h4-5,9H,1-2,6-7H2,3H3. The molecule has 1 unspecified atom stereocenters. The molecule has 0 saturated carbocycles. The van der Waals surface area contributed by atoms with Crippen LogP contribution in [0.15, 0.2) is 25.3 Å². The van der Waals surface area contributed by atoms with E-state index in [1.165, 1.54) is 6.92 Å². The normalized spacial score (nSPS) is 11.8. The summed E-state index contributed by atoms with van der Waals surface area (Å²) in [5.74, 6) is -0.316. The smallest absolute Gasteiger partial charge is 0.302 e. The summed E-state index contributed by atoms with van der Waals surface area (Å²) in [6.45, 7) is 9.03. The van der Waals surface area contributed by atoms with Gasteiger partial charge in [-0.3, -0.25) is 4.79 Å². The number of hydrogen-bond acceptors (Lipinski definition) is 3. The summed E-state index contributed by atoms with van der Waals surface area (Å²) in [7, 11) is 0. The number of carbonyl (C=O) groups excluding carboxylic acids is 1. The minimum Gasteiger partial charge on any atom is -0.463 e. The van der Waals surface area contributed by atoms with Gasteiger partial charge >= 0.3 is 5.97 Å². The molecule has 1 atom stereocenters. The second kappa shape index (κ2) is 6.61. The molecular formula is C9H14O3. The predicted molar refractivity (Wildman–Crippen MR) is 46.8 cm³/mol.